The maximum Gasteiger partial charge on any atom is 0.341 e. The smallest absolute Gasteiger partial charge is 0.341 e. The van der Waals surface area contributed by atoms with Gasteiger partial charge in [0.25, 0.3) is 0 Å². The first kappa shape index (κ1) is 29.4. The van der Waals surface area contributed by atoms with E-state index in [0.29, 0.717) is 60.9 Å². The highest BCUT2D eigenvalue weighted by Gasteiger charge is 2.41. The molecule has 2 aliphatic heterocycles. The number of aromatic nitrogens is 1. The maximum absolute atomic E-state index is 15.3. The van der Waals surface area contributed by atoms with E-state index in [4.69, 9.17) is 17.0 Å². The Kier molecular flexibility index (Phi) is 8.88. The second-order valence-corrected chi connectivity index (χ2v) is 12.2. The van der Waals surface area contributed by atoms with Crippen LogP contribution >= 0.6 is 24.0 Å². The zero-order chi connectivity index (χ0) is 29.3. The summed E-state index contributed by atoms with van der Waals surface area (Å²) >= 11 is 7.47. The van der Waals surface area contributed by atoms with Crippen LogP contribution in [0.3, 0.4) is 0 Å². The quantitative estimate of drug-likeness (QED) is 0.367. The summed E-state index contributed by atoms with van der Waals surface area (Å²) in [6, 6.07) is 2.77. The van der Waals surface area contributed by atoms with Gasteiger partial charge < -0.3 is 29.5 Å². The molecule has 2 N–H and O–H groups in total. The number of nitrogens with zero attached hydrogens (tertiary/aromatic N) is 3. The minimum Gasteiger partial charge on any atom is -0.477 e. The molecule has 0 unspecified atom stereocenters. The highest BCUT2D eigenvalue weighted by molar-refractivity contribution is 8.04. The third-order valence-corrected chi connectivity index (χ3v) is 9.97. The largest absolute Gasteiger partial charge is 0.477 e. The second-order valence-electron chi connectivity index (χ2n) is 10.6. The number of halogens is 1. The lowest BCUT2D eigenvalue weighted by Gasteiger charge is -2.37. The molecule has 41 heavy (non-hydrogen) atoms. The van der Waals surface area contributed by atoms with E-state index in [1.165, 1.54) is 12.6 Å². The van der Waals surface area contributed by atoms with Crippen LogP contribution in [0.15, 0.2) is 33.7 Å². The number of benzene rings is 1. The first-order valence-corrected chi connectivity index (χ1v) is 15.5. The van der Waals surface area contributed by atoms with E-state index in [1.807, 2.05) is 23.6 Å². The number of thioether (sulfide) groups is 1. The van der Waals surface area contributed by atoms with Crippen molar-refractivity contribution in [1.29, 1.82) is 0 Å². The van der Waals surface area contributed by atoms with Crippen molar-refractivity contribution in [3.05, 3.63) is 50.5 Å². The van der Waals surface area contributed by atoms with Crippen molar-refractivity contribution in [1.82, 2.24) is 14.8 Å². The van der Waals surface area contributed by atoms with Crippen LogP contribution in [0.2, 0.25) is 0 Å². The van der Waals surface area contributed by atoms with Crippen LogP contribution in [-0.4, -0.2) is 69.7 Å². The number of carboxylic acid groups (broad SMARTS) is 1. The molecule has 1 aromatic heterocycles. The summed E-state index contributed by atoms with van der Waals surface area (Å²) in [5.41, 5.74) is 0.501. The average Bonchev–Trinajstić information content (AvgIpc) is 3.13. The first-order chi connectivity index (χ1) is 19.7. The minimum atomic E-state index is -1.33. The van der Waals surface area contributed by atoms with E-state index in [-0.39, 0.29) is 22.8 Å². The molecule has 2 aromatic rings. The predicted molar refractivity (Wildman–Crippen MR) is 162 cm³/mol. The van der Waals surface area contributed by atoms with Gasteiger partial charge >= 0.3 is 11.9 Å². The molecule has 1 aromatic carbocycles. The van der Waals surface area contributed by atoms with Crippen LogP contribution in [0.4, 0.5) is 10.1 Å². The van der Waals surface area contributed by atoms with Gasteiger partial charge in [-0.25, -0.2) is 14.0 Å². The van der Waals surface area contributed by atoms with Crippen molar-refractivity contribution in [3.8, 4) is 0 Å². The maximum atomic E-state index is 15.3. The molecule has 0 amide bonds. The highest BCUT2D eigenvalue weighted by Crippen LogP contribution is 2.47. The van der Waals surface area contributed by atoms with E-state index in [0.717, 1.165) is 42.4 Å². The molecule has 3 aliphatic rings. The number of hydrogen-bond donors (Lipinski definition) is 2. The summed E-state index contributed by atoms with van der Waals surface area (Å²) < 4.78 is 22.4. The van der Waals surface area contributed by atoms with Gasteiger partial charge in [-0.2, -0.15) is 0 Å². The number of piperazine rings is 1. The molecule has 0 radical (unpaired) electrons. The summed E-state index contributed by atoms with van der Waals surface area (Å²) in [5.74, 6) is -2.00. The topological polar surface area (TPSA) is 104 Å². The summed E-state index contributed by atoms with van der Waals surface area (Å²) in [4.78, 5) is 41.1. The van der Waals surface area contributed by atoms with Crippen molar-refractivity contribution in [2.45, 2.75) is 57.7 Å². The van der Waals surface area contributed by atoms with Gasteiger partial charge in [0.05, 0.1) is 28.4 Å². The lowest BCUT2D eigenvalue weighted by atomic mass is 9.92. The molecular formula is C29H35FN4O5S2. The first-order valence-electron chi connectivity index (χ1n) is 14.2. The molecule has 2 atom stereocenters. The second kappa shape index (κ2) is 12.4. The number of aryl methyl sites for hydroxylation is 1. The van der Waals surface area contributed by atoms with Crippen molar-refractivity contribution in [2.75, 3.05) is 37.7 Å². The van der Waals surface area contributed by atoms with Gasteiger partial charge in [0, 0.05) is 55.5 Å². The molecule has 220 valence electrons. The summed E-state index contributed by atoms with van der Waals surface area (Å²) in [6.07, 6.45) is 6.80. The van der Waals surface area contributed by atoms with Gasteiger partial charge in [0.2, 0.25) is 5.43 Å². The van der Waals surface area contributed by atoms with Crippen LogP contribution < -0.4 is 15.6 Å². The zero-order valence-corrected chi connectivity index (χ0v) is 24.9. The number of carbonyl (C=O) groups excluding carboxylic acids is 1. The molecule has 2 fully saturated rings. The fourth-order valence-corrected chi connectivity index (χ4v) is 7.95. The number of fused-ring (bicyclic) bond motifs is 2. The Labute approximate surface area is 247 Å². The Bertz CT molecular complexity index is 1470. The minimum absolute atomic E-state index is 0.0491. The van der Waals surface area contributed by atoms with E-state index in [9.17, 15) is 19.5 Å². The van der Waals surface area contributed by atoms with Crippen molar-refractivity contribution < 1.29 is 23.8 Å². The standard InChI is InChI=1S/C29H35FN4O5S2/c1-3-32-16-19(27(36)37)25(35)18-14-20(30)22(15-21(18)32)33-10-12-34(13-11-33)29(40)31-26-24(28(38)39-4-2)17-8-6-5-7-9-23(17)41-26/h14-17,23H,3-13H2,1-2H3,(H,31,40)(H,36,37)/t17-,23-/m1/s1. The van der Waals surface area contributed by atoms with Gasteiger partial charge in [-0.3, -0.25) is 4.79 Å². The molecule has 5 rings (SSSR count). The summed E-state index contributed by atoms with van der Waals surface area (Å²) in [6.45, 7) is 6.49. The number of ether oxygens (including phenoxy) is 1. The number of rotatable bonds is 6. The molecule has 1 aliphatic carbocycles. The number of pyridine rings is 1. The molecular weight excluding hydrogens is 567 g/mol. The molecule has 0 spiro atoms. The number of nitrogens with one attached hydrogen (secondary N) is 1. The van der Waals surface area contributed by atoms with Gasteiger partial charge in [-0.1, -0.05) is 19.3 Å². The van der Waals surface area contributed by atoms with Crippen LogP contribution in [0, 0.1) is 11.7 Å². The third-order valence-electron chi connectivity index (χ3n) is 8.18. The van der Waals surface area contributed by atoms with Gasteiger partial charge in [0.1, 0.15) is 11.4 Å². The number of carbonyl (C=O) groups is 2. The van der Waals surface area contributed by atoms with E-state index >= 15 is 4.39 Å². The normalized spacial score (nSPS) is 21.0. The molecule has 9 nitrogen and oxygen atoms in total. The molecule has 3 heterocycles. The fraction of sp³-hybridized carbons (Fsp3) is 0.517. The van der Waals surface area contributed by atoms with E-state index in [1.54, 1.807) is 22.4 Å². The molecule has 1 saturated carbocycles. The molecule has 0 bridgehead atoms. The Balaban J connectivity index is 1.32. The van der Waals surface area contributed by atoms with Crippen molar-refractivity contribution in [3.63, 3.8) is 0 Å². The molecule has 12 heteroatoms. The number of thiocarbonyl (C=S) groups is 1. The Hall–Kier alpha value is -3.12. The summed E-state index contributed by atoms with van der Waals surface area (Å²) in [5, 5.41) is 14.5. The number of carboxylic acids is 1. The lowest BCUT2D eigenvalue weighted by molar-refractivity contribution is -0.139. The number of aromatic carboxylic acids is 1. The van der Waals surface area contributed by atoms with E-state index in [2.05, 4.69) is 5.32 Å². The van der Waals surface area contributed by atoms with Crippen LogP contribution in [0.25, 0.3) is 10.9 Å². The lowest BCUT2D eigenvalue weighted by Crippen LogP contribution is -2.51. The van der Waals surface area contributed by atoms with E-state index < -0.39 is 17.2 Å². The van der Waals surface area contributed by atoms with Gasteiger partial charge in [-0.15, -0.1) is 11.8 Å². The Morgan fingerprint density at radius 1 is 1.15 bits per heavy atom. The predicted octanol–water partition coefficient (Wildman–Crippen LogP) is 4.33. The van der Waals surface area contributed by atoms with Crippen molar-refractivity contribution >= 4 is 57.6 Å². The SMILES string of the molecule is CCOC(=O)C1=C(NC(=S)N2CCN(c3cc4c(cc3F)c(=O)c(C(=O)O)cn4CC)CC2)S[C@@H]2CCCCC[C@@H]12. The van der Waals surface area contributed by atoms with Gasteiger partial charge in [0.15, 0.2) is 5.11 Å². The third kappa shape index (κ3) is 5.81. The Morgan fingerprint density at radius 3 is 2.56 bits per heavy atom. The van der Waals surface area contributed by atoms with Crippen LogP contribution in [0.1, 0.15) is 56.3 Å². The number of anilines is 1. The number of hydrogen-bond acceptors (Lipinski definition) is 7. The molecule has 1 saturated heterocycles. The zero-order valence-electron chi connectivity index (χ0n) is 23.3. The highest BCUT2D eigenvalue weighted by atomic mass is 32.2. The summed E-state index contributed by atoms with van der Waals surface area (Å²) in [7, 11) is 0. The number of esters is 1. The van der Waals surface area contributed by atoms with Crippen LogP contribution in [-0.2, 0) is 16.1 Å². The average molecular weight is 603 g/mol. The fourth-order valence-electron chi connectivity index (χ4n) is 6.06. The Morgan fingerprint density at radius 2 is 1.88 bits per heavy atom. The van der Waals surface area contributed by atoms with Gasteiger partial charge in [-0.05, 0) is 51.0 Å². The van der Waals surface area contributed by atoms with Crippen LogP contribution in [0.5, 0.6) is 0 Å². The monoisotopic (exact) mass is 602 g/mol. The van der Waals surface area contributed by atoms with Crippen molar-refractivity contribution in [2.24, 2.45) is 5.92 Å².